The predicted molar refractivity (Wildman–Crippen MR) is 89.9 cm³/mol. The predicted octanol–water partition coefficient (Wildman–Crippen LogP) is 2.62. The first-order chi connectivity index (χ1) is 11.5. The van der Waals surface area contributed by atoms with Crippen molar-refractivity contribution < 1.29 is 14.0 Å². The van der Waals surface area contributed by atoms with E-state index in [0.29, 0.717) is 19.5 Å². The van der Waals surface area contributed by atoms with Crippen LogP contribution in [0.2, 0.25) is 0 Å². The van der Waals surface area contributed by atoms with Gasteiger partial charge in [0.1, 0.15) is 5.82 Å². The number of carbonyl (C=O) groups excluding carboxylic acids is 2. The van der Waals surface area contributed by atoms with E-state index >= 15 is 0 Å². The van der Waals surface area contributed by atoms with E-state index < -0.39 is 0 Å². The van der Waals surface area contributed by atoms with E-state index in [1.165, 1.54) is 12.1 Å². The molecule has 0 unspecified atom stereocenters. The molecule has 2 amide bonds. The Kier molecular flexibility index (Phi) is 4.88. The molecule has 1 saturated carbocycles. The number of nitrogens with one attached hydrogen (secondary N) is 1. The highest BCUT2D eigenvalue weighted by Gasteiger charge is 2.37. The average molecular weight is 332 g/mol. The SMILES string of the molecule is CN1CC[C@H](C(=O)NCC2(c3ccc(F)cc3)CCCC2)CC1=O. The van der Waals surface area contributed by atoms with Crippen LogP contribution < -0.4 is 5.32 Å². The van der Waals surface area contributed by atoms with E-state index in [-0.39, 0.29) is 29.0 Å². The van der Waals surface area contributed by atoms with Crippen molar-refractivity contribution in [2.75, 3.05) is 20.1 Å². The first-order valence-electron chi connectivity index (χ1n) is 8.78. The van der Waals surface area contributed by atoms with Gasteiger partial charge in [0, 0.05) is 37.9 Å². The van der Waals surface area contributed by atoms with Gasteiger partial charge in [0.05, 0.1) is 0 Å². The first kappa shape index (κ1) is 16.9. The summed E-state index contributed by atoms with van der Waals surface area (Å²) in [5.74, 6) is -0.443. The quantitative estimate of drug-likeness (QED) is 0.921. The van der Waals surface area contributed by atoms with Crippen molar-refractivity contribution in [3.63, 3.8) is 0 Å². The average Bonchev–Trinajstić information content (AvgIpc) is 3.06. The molecule has 2 aliphatic rings. The molecule has 0 bridgehead atoms. The lowest BCUT2D eigenvalue weighted by Gasteiger charge is -2.32. The molecule has 5 heteroatoms. The zero-order valence-corrected chi connectivity index (χ0v) is 14.2. The number of hydrogen-bond donors (Lipinski definition) is 1. The number of halogens is 1. The van der Waals surface area contributed by atoms with Crippen molar-refractivity contribution in [2.24, 2.45) is 5.92 Å². The van der Waals surface area contributed by atoms with Gasteiger partial charge in [0.25, 0.3) is 0 Å². The molecule has 24 heavy (non-hydrogen) atoms. The van der Waals surface area contributed by atoms with Crippen LogP contribution in [-0.4, -0.2) is 36.9 Å². The molecule has 1 N–H and O–H groups in total. The molecule has 130 valence electrons. The molecule has 0 aromatic heterocycles. The first-order valence-corrected chi connectivity index (χ1v) is 8.78. The standard InChI is InChI=1S/C19H25FN2O2/c1-22-11-8-14(12-17(22)23)18(24)21-13-19(9-2-3-10-19)15-4-6-16(20)7-5-15/h4-7,14H,2-3,8-13H2,1H3,(H,21,24)/t14-/m0/s1. The Balaban J connectivity index is 1.65. The van der Waals surface area contributed by atoms with Gasteiger partial charge in [-0.1, -0.05) is 25.0 Å². The number of benzene rings is 1. The van der Waals surface area contributed by atoms with Crippen LogP contribution in [0.4, 0.5) is 4.39 Å². The Labute approximate surface area is 142 Å². The summed E-state index contributed by atoms with van der Waals surface area (Å²) < 4.78 is 13.2. The van der Waals surface area contributed by atoms with E-state index in [4.69, 9.17) is 0 Å². The number of rotatable bonds is 4. The van der Waals surface area contributed by atoms with Crippen LogP contribution in [0.5, 0.6) is 0 Å². The maximum Gasteiger partial charge on any atom is 0.223 e. The van der Waals surface area contributed by atoms with Crippen LogP contribution in [0.1, 0.15) is 44.1 Å². The van der Waals surface area contributed by atoms with Crippen LogP contribution in [0.25, 0.3) is 0 Å². The normalized spacial score (nSPS) is 23.3. The summed E-state index contributed by atoms with van der Waals surface area (Å²) in [4.78, 5) is 26.0. The molecule has 2 fully saturated rings. The maximum absolute atomic E-state index is 13.2. The van der Waals surface area contributed by atoms with E-state index in [1.807, 2.05) is 12.1 Å². The van der Waals surface area contributed by atoms with Crippen molar-refractivity contribution in [1.29, 1.82) is 0 Å². The zero-order chi connectivity index (χ0) is 17.2. The van der Waals surface area contributed by atoms with Gasteiger partial charge < -0.3 is 10.2 Å². The minimum absolute atomic E-state index is 0.0233. The van der Waals surface area contributed by atoms with Crippen LogP contribution in [0.15, 0.2) is 24.3 Å². The number of nitrogens with zero attached hydrogens (tertiary/aromatic N) is 1. The fraction of sp³-hybridized carbons (Fsp3) is 0.579. The molecule has 0 spiro atoms. The molecule has 1 aliphatic heterocycles. The van der Waals surface area contributed by atoms with Crippen molar-refractivity contribution in [2.45, 2.75) is 43.9 Å². The lowest BCUT2D eigenvalue weighted by molar-refractivity contribution is -0.139. The largest absolute Gasteiger partial charge is 0.355 e. The Hall–Kier alpha value is -1.91. The Morgan fingerprint density at radius 2 is 1.96 bits per heavy atom. The maximum atomic E-state index is 13.2. The highest BCUT2D eigenvalue weighted by molar-refractivity contribution is 5.86. The van der Waals surface area contributed by atoms with E-state index in [0.717, 1.165) is 37.7 Å². The Morgan fingerprint density at radius 3 is 2.58 bits per heavy atom. The fourth-order valence-electron chi connectivity index (χ4n) is 3.99. The smallest absolute Gasteiger partial charge is 0.223 e. The van der Waals surface area contributed by atoms with Crippen LogP contribution in [-0.2, 0) is 15.0 Å². The fourth-order valence-corrected chi connectivity index (χ4v) is 3.99. The molecule has 1 aliphatic carbocycles. The minimum atomic E-state index is -0.235. The van der Waals surface area contributed by atoms with Gasteiger partial charge in [-0.2, -0.15) is 0 Å². The molecule has 3 rings (SSSR count). The van der Waals surface area contributed by atoms with Gasteiger partial charge >= 0.3 is 0 Å². The zero-order valence-electron chi connectivity index (χ0n) is 14.2. The topological polar surface area (TPSA) is 49.4 Å². The van der Waals surface area contributed by atoms with Crippen molar-refractivity contribution >= 4 is 11.8 Å². The molecule has 1 atom stereocenters. The third-order valence-electron chi connectivity index (χ3n) is 5.65. The van der Waals surface area contributed by atoms with Gasteiger partial charge in [0.15, 0.2) is 0 Å². The van der Waals surface area contributed by atoms with E-state index in [9.17, 15) is 14.0 Å². The highest BCUT2D eigenvalue weighted by Crippen LogP contribution is 2.40. The summed E-state index contributed by atoms with van der Waals surface area (Å²) in [5.41, 5.74) is 1.000. The Bertz CT molecular complexity index is 608. The number of hydrogen-bond acceptors (Lipinski definition) is 2. The van der Waals surface area contributed by atoms with Crippen molar-refractivity contribution in [3.05, 3.63) is 35.6 Å². The minimum Gasteiger partial charge on any atom is -0.355 e. The lowest BCUT2D eigenvalue weighted by Crippen LogP contribution is -2.45. The number of amides is 2. The van der Waals surface area contributed by atoms with Gasteiger partial charge in [0.2, 0.25) is 11.8 Å². The highest BCUT2D eigenvalue weighted by atomic mass is 19.1. The summed E-state index contributed by atoms with van der Waals surface area (Å²) in [6.45, 7) is 1.21. The van der Waals surface area contributed by atoms with Crippen LogP contribution >= 0.6 is 0 Å². The Morgan fingerprint density at radius 1 is 1.29 bits per heavy atom. The second kappa shape index (κ2) is 6.91. The summed E-state index contributed by atoms with van der Waals surface area (Å²) >= 11 is 0. The van der Waals surface area contributed by atoms with E-state index in [1.54, 1.807) is 11.9 Å². The van der Waals surface area contributed by atoms with Crippen LogP contribution in [0, 0.1) is 11.7 Å². The summed E-state index contributed by atoms with van der Waals surface area (Å²) in [6.07, 6.45) is 5.28. The molecule has 4 nitrogen and oxygen atoms in total. The second-order valence-corrected chi connectivity index (χ2v) is 7.22. The van der Waals surface area contributed by atoms with Gasteiger partial charge in [-0.15, -0.1) is 0 Å². The molecule has 1 saturated heterocycles. The molecular weight excluding hydrogens is 307 g/mol. The van der Waals surface area contributed by atoms with Crippen molar-refractivity contribution in [3.8, 4) is 0 Å². The molecule has 0 radical (unpaired) electrons. The third kappa shape index (κ3) is 3.45. The second-order valence-electron chi connectivity index (χ2n) is 7.22. The molecular formula is C19H25FN2O2. The summed E-state index contributed by atoms with van der Waals surface area (Å²) in [7, 11) is 1.78. The number of likely N-dealkylation sites (tertiary alicyclic amines) is 1. The van der Waals surface area contributed by atoms with E-state index in [2.05, 4.69) is 5.32 Å². The third-order valence-corrected chi connectivity index (χ3v) is 5.65. The molecule has 1 heterocycles. The summed E-state index contributed by atoms with van der Waals surface area (Å²) in [5, 5.41) is 3.08. The van der Waals surface area contributed by atoms with Gasteiger partial charge in [-0.25, -0.2) is 4.39 Å². The lowest BCUT2D eigenvalue weighted by atomic mass is 9.78. The molecule has 1 aromatic rings. The van der Waals surface area contributed by atoms with Crippen LogP contribution in [0.3, 0.4) is 0 Å². The van der Waals surface area contributed by atoms with Gasteiger partial charge in [-0.05, 0) is 37.0 Å². The van der Waals surface area contributed by atoms with Crippen molar-refractivity contribution in [1.82, 2.24) is 10.2 Å². The number of carbonyl (C=O) groups is 2. The molecule has 1 aromatic carbocycles. The number of piperidine rings is 1. The monoisotopic (exact) mass is 332 g/mol. The summed E-state index contributed by atoms with van der Waals surface area (Å²) in [6, 6.07) is 6.66. The van der Waals surface area contributed by atoms with Gasteiger partial charge in [-0.3, -0.25) is 9.59 Å².